The lowest BCUT2D eigenvalue weighted by atomic mass is 9.83. The van der Waals surface area contributed by atoms with Gasteiger partial charge in [0.2, 0.25) is 5.91 Å². The van der Waals surface area contributed by atoms with Crippen molar-refractivity contribution >= 4 is 34.3 Å². The number of aryl methyl sites for hydroxylation is 1. The largest absolute Gasteiger partial charge is 0.370 e. The molecule has 0 radical (unpaired) electrons. The summed E-state index contributed by atoms with van der Waals surface area (Å²) in [5.41, 5.74) is 2.24. The van der Waals surface area contributed by atoms with E-state index in [-0.39, 0.29) is 11.9 Å². The van der Waals surface area contributed by atoms with Crippen LogP contribution in [0.25, 0.3) is 10.9 Å². The lowest BCUT2D eigenvalue weighted by Gasteiger charge is -2.36. The Kier molecular flexibility index (Phi) is 5.56. The lowest BCUT2D eigenvalue weighted by Crippen LogP contribution is -2.49. The predicted octanol–water partition coefficient (Wildman–Crippen LogP) is 2.63. The van der Waals surface area contributed by atoms with Crippen LogP contribution in [0.1, 0.15) is 38.5 Å². The number of imide groups is 1. The van der Waals surface area contributed by atoms with Gasteiger partial charge >= 0.3 is 6.03 Å². The maximum absolute atomic E-state index is 12.4. The molecule has 3 fully saturated rings. The van der Waals surface area contributed by atoms with Crippen LogP contribution in [0, 0.1) is 11.8 Å². The molecule has 3 aliphatic heterocycles. The van der Waals surface area contributed by atoms with Gasteiger partial charge in [-0.2, -0.15) is 5.10 Å². The Morgan fingerprint density at radius 1 is 1.03 bits per heavy atom. The number of aromatic nitrogens is 2. The van der Waals surface area contributed by atoms with E-state index in [1.165, 1.54) is 50.9 Å². The van der Waals surface area contributed by atoms with Gasteiger partial charge in [-0.25, -0.2) is 4.79 Å². The van der Waals surface area contributed by atoms with Gasteiger partial charge in [-0.1, -0.05) is 6.07 Å². The van der Waals surface area contributed by atoms with Crippen molar-refractivity contribution in [1.29, 1.82) is 0 Å². The van der Waals surface area contributed by atoms with Crippen LogP contribution in [-0.2, 0) is 11.8 Å². The van der Waals surface area contributed by atoms with Crippen LogP contribution in [0.3, 0.4) is 0 Å². The first kappa shape index (κ1) is 20.3. The van der Waals surface area contributed by atoms with Gasteiger partial charge in [-0.3, -0.25) is 19.7 Å². The number of hydrogen-bond donors (Lipinski definition) is 2. The van der Waals surface area contributed by atoms with Gasteiger partial charge < -0.3 is 10.2 Å². The van der Waals surface area contributed by atoms with Gasteiger partial charge in [0.15, 0.2) is 5.82 Å². The number of nitrogens with one attached hydrogen (secondary N) is 2. The topological polar surface area (TPSA) is 82.5 Å². The van der Waals surface area contributed by atoms with Crippen LogP contribution in [0.4, 0.5) is 16.3 Å². The van der Waals surface area contributed by atoms with E-state index in [1.54, 1.807) is 4.90 Å². The minimum Gasteiger partial charge on any atom is -0.370 e. The van der Waals surface area contributed by atoms with E-state index in [9.17, 15) is 9.59 Å². The average Bonchev–Trinajstić information content (AvgIpc) is 3.12. The molecule has 3 aliphatic rings. The van der Waals surface area contributed by atoms with Crippen molar-refractivity contribution in [3.05, 3.63) is 18.2 Å². The highest BCUT2D eigenvalue weighted by molar-refractivity contribution is 6.10. The molecule has 8 heteroatoms. The first-order valence-electron chi connectivity index (χ1n) is 11.6. The SMILES string of the molecule is Cn1nc(N2CCC(=O)NC2=O)c2cccc(N3CCC(CC4CCNCC4)CC3)c21. The molecule has 4 heterocycles. The molecule has 0 bridgehead atoms. The maximum atomic E-state index is 12.4. The lowest BCUT2D eigenvalue weighted by molar-refractivity contribution is -0.120. The zero-order valence-corrected chi connectivity index (χ0v) is 18.3. The number of amides is 3. The molecule has 166 valence electrons. The molecule has 0 atom stereocenters. The summed E-state index contributed by atoms with van der Waals surface area (Å²) in [4.78, 5) is 28.0. The Bertz CT molecular complexity index is 972. The molecule has 8 nitrogen and oxygen atoms in total. The molecular weight excluding hydrogens is 392 g/mol. The van der Waals surface area contributed by atoms with Crippen LogP contribution < -0.4 is 20.4 Å². The minimum atomic E-state index is -0.389. The molecule has 3 saturated heterocycles. The number of urea groups is 1. The second-order valence-corrected chi connectivity index (χ2v) is 9.23. The maximum Gasteiger partial charge on any atom is 0.329 e. The Morgan fingerprint density at radius 2 is 1.77 bits per heavy atom. The van der Waals surface area contributed by atoms with Gasteiger partial charge in [-0.05, 0) is 69.2 Å². The summed E-state index contributed by atoms with van der Waals surface area (Å²) >= 11 is 0. The van der Waals surface area contributed by atoms with E-state index >= 15 is 0 Å². The van der Waals surface area contributed by atoms with E-state index in [1.807, 2.05) is 17.8 Å². The fourth-order valence-corrected chi connectivity index (χ4v) is 5.52. The highest BCUT2D eigenvalue weighted by Crippen LogP contribution is 2.36. The van der Waals surface area contributed by atoms with Crippen molar-refractivity contribution in [3.8, 4) is 0 Å². The van der Waals surface area contributed by atoms with Gasteiger partial charge in [0, 0.05) is 38.5 Å². The van der Waals surface area contributed by atoms with Gasteiger partial charge in [-0.15, -0.1) is 0 Å². The van der Waals surface area contributed by atoms with Crippen LogP contribution >= 0.6 is 0 Å². The van der Waals surface area contributed by atoms with Crippen molar-refractivity contribution < 1.29 is 9.59 Å². The summed E-state index contributed by atoms with van der Waals surface area (Å²) in [6.07, 6.45) is 6.80. The molecule has 1 aromatic carbocycles. The summed E-state index contributed by atoms with van der Waals surface area (Å²) in [7, 11) is 1.94. The number of nitrogens with zero attached hydrogens (tertiary/aromatic N) is 4. The molecule has 0 unspecified atom stereocenters. The monoisotopic (exact) mass is 424 g/mol. The fraction of sp³-hybridized carbons (Fsp3) is 0.609. The molecular formula is C23H32N6O2. The van der Waals surface area contributed by atoms with Crippen molar-refractivity contribution in [2.75, 3.05) is 42.5 Å². The Hall–Kier alpha value is -2.61. The van der Waals surface area contributed by atoms with E-state index in [0.717, 1.165) is 35.8 Å². The molecule has 2 aromatic rings. The average molecular weight is 425 g/mol. The number of fused-ring (bicyclic) bond motifs is 1. The quantitative estimate of drug-likeness (QED) is 0.789. The third-order valence-electron chi connectivity index (χ3n) is 7.21. The summed E-state index contributed by atoms with van der Waals surface area (Å²) in [6.45, 7) is 4.85. The minimum absolute atomic E-state index is 0.227. The molecule has 1 aromatic heterocycles. The molecule has 5 rings (SSSR count). The van der Waals surface area contributed by atoms with Gasteiger partial charge in [0.1, 0.15) is 0 Å². The van der Waals surface area contributed by atoms with Crippen LogP contribution in [0.2, 0.25) is 0 Å². The number of anilines is 2. The number of piperidine rings is 2. The number of benzene rings is 1. The number of carbonyl (C=O) groups excluding carboxylic acids is 2. The third-order valence-corrected chi connectivity index (χ3v) is 7.21. The Balaban J connectivity index is 1.33. The van der Waals surface area contributed by atoms with Crippen molar-refractivity contribution in [2.45, 2.75) is 38.5 Å². The van der Waals surface area contributed by atoms with E-state index in [2.05, 4.69) is 32.8 Å². The van der Waals surface area contributed by atoms with E-state index < -0.39 is 0 Å². The molecule has 0 spiro atoms. The first-order chi connectivity index (χ1) is 15.1. The molecule has 3 amide bonds. The molecule has 2 N–H and O–H groups in total. The van der Waals surface area contributed by atoms with Crippen LogP contribution in [0.5, 0.6) is 0 Å². The summed E-state index contributed by atoms with van der Waals surface area (Å²) in [5, 5.41) is 11.5. The predicted molar refractivity (Wildman–Crippen MR) is 121 cm³/mol. The Labute approximate surface area is 182 Å². The number of carbonyl (C=O) groups is 2. The third kappa shape index (κ3) is 4.01. The van der Waals surface area contributed by atoms with Crippen molar-refractivity contribution in [2.24, 2.45) is 18.9 Å². The number of rotatable bonds is 4. The second-order valence-electron chi connectivity index (χ2n) is 9.23. The van der Waals surface area contributed by atoms with Crippen LogP contribution in [0.15, 0.2) is 18.2 Å². The normalized spacial score (nSPS) is 21.7. The van der Waals surface area contributed by atoms with Crippen molar-refractivity contribution in [3.63, 3.8) is 0 Å². The van der Waals surface area contributed by atoms with E-state index in [0.29, 0.717) is 18.8 Å². The van der Waals surface area contributed by atoms with Gasteiger partial charge in [0.25, 0.3) is 0 Å². The molecule has 31 heavy (non-hydrogen) atoms. The summed E-state index contributed by atoms with van der Waals surface area (Å²) in [5.74, 6) is 2.12. The zero-order chi connectivity index (χ0) is 21.4. The summed E-state index contributed by atoms with van der Waals surface area (Å²) < 4.78 is 1.88. The molecule has 0 aliphatic carbocycles. The standard InChI is InChI=1S/C23H32N6O2/c1-27-21-18(22(26-27)29-14-9-20(30)25-23(29)31)3-2-4-19(21)28-12-7-17(8-13-28)15-16-5-10-24-11-6-16/h2-4,16-17,24H,5-15H2,1H3,(H,25,30,31). The van der Waals surface area contributed by atoms with E-state index in [4.69, 9.17) is 0 Å². The smallest absolute Gasteiger partial charge is 0.329 e. The van der Waals surface area contributed by atoms with Crippen LogP contribution in [-0.4, -0.2) is 54.4 Å². The number of hydrogen-bond acceptors (Lipinski definition) is 5. The zero-order valence-electron chi connectivity index (χ0n) is 18.3. The molecule has 0 saturated carbocycles. The second kappa shape index (κ2) is 8.49. The van der Waals surface area contributed by atoms with Gasteiger partial charge in [0.05, 0.1) is 11.2 Å². The van der Waals surface area contributed by atoms with Crippen molar-refractivity contribution in [1.82, 2.24) is 20.4 Å². The number of para-hydroxylation sites is 1. The fourth-order valence-electron chi connectivity index (χ4n) is 5.52. The summed E-state index contributed by atoms with van der Waals surface area (Å²) in [6, 6.07) is 5.85. The highest BCUT2D eigenvalue weighted by Gasteiger charge is 2.30. The highest BCUT2D eigenvalue weighted by atomic mass is 16.2. The Morgan fingerprint density at radius 3 is 2.52 bits per heavy atom. The first-order valence-corrected chi connectivity index (χ1v) is 11.6.